The van der Waals surface area contributed by atoms with E-state index in [2.05, 4.69) is 0 Å². The van der Waals surface area contributed by atoms with Crippen LogP contribution < -0.4 is 0 Å². The van der Waals surface area contributed by atoms with E-state index in [1.807, 2.05) is 0 Å². The van der Waals surface area contributed by atoms with Gasteiger partial charge in [0.2, 0.25) is 0 Å². The van der Waals surface area contributed by atoms with Crippen molar-refractivity contribution < 1.29 is 13.2 Å². The summed E-state index contributed by atoms with van der Waals surface area (Å²) in [6.07, 6.45) is -3.83. The van der Waals surface area contributed by atoms with Crippen molar-refractivity contribution in [2.75, 3.05) is 0 Å². The summed E-state index contributed by atoms with van der Waals surface area (Å²) in [6, 6.07) is 0. The molecule has 0 aliphatic heterocycles. The van der Waals surface area contributed by atoms with E-state index in [9.17, 15) is 13.2 Å². The molecule has 0 aromatic carbocycles. The Kier molecular flexibility index (Phi) is 3.19. The van der Waals surface area contributed by atoms with Crippen LogP contribution in [0.2, 0.25) is 0 Å². The first-order valence-corrected chi connectivity index (χ1v) is 3.46. The Morgan fingerprint density at radius 2 is 1.60 bits per heavy atom. The number of halogens is 3. The van der Waals surface area contributed by atoms with Gasteiger partial charge in [0.05, 0.1) is 5.92 Å². The minimum Gasteiger partial charge on any atom is -0.171 e. The summed E-state index contributed by atoms with van der Waals surface area (Å²) in [5.41, 5.74) is 0. The van der Waals surface area contributed by atoms with E-state index in [1.54, 1.807) is 20.8 Å². The molecule has 3 heteroatoms. The molecule has 0 radical (unpaired) electrons. The van der Waals surface area contributed by atoms with Crippen molar-refractivity contribution in [1.29, 1.82) is 0 Å². The molecular weight excluding hydrogens is 141 g/mol. The van der Waals surface area contributed by atoms with Crippen LogP contribution in [-0.2, 0) is 0 Å². The van der Waals surface area contributed by atoms with E-state index in [4.69, 9.17) is 0 Å². The SMILES string of the molecule is CC[C@H](C(C)C)C(F)(F)F. The molecule has 0 N–H and O–H groups in total. The summed E-state index contributed by atoms with van der Waals surface area (Å²) in [4.78, 5) is 0. The molecule has 0 rings (SSSR count). The van der Waals surface area contributed by atoms with Gasteiger partial charge in [-0.2, -0.15) is 13.2 Å². The zero-order valence-corrected chi connectivity index (χ0v) is 6.50. The van der Waals surface area contributed by atoms with Crippen molar-refractivity contribution >= 4 is 0 Å². The van der Waals surface area contributed by atoms with Crippen LogP contribution in [0.1, 0.15) is 27.2 Å². The lowest BCUT2D eigenvalue weighted by atomic mass is 9.93. The van der Waals surface area contributed by atoms with Crippen LogP contribution >= 0.6 is 0 Å². The highest BCUT2D eigenvalue weighted by Gasteiger charge is 2.39. The molecule has 0 unspecified atom stereocenters. The zero-order chi connectivity index (χ0) is 8.36. The van der Waals surface area contributed by atoms with Crippen molar-refractivity contribution in [3.05, 3.63) is 0 Å². The summed E-state index contributed by atoms with van der Waals surface area (Å²) >= 11 is 0. The number of alkyl halides is 3. The fourth-order valence-corrected chi connectivity index (χ4v) is 1.08. The van der Waals surface area contributed by atoms with Crippen molar-refractivity contribution in [2.45, 2.75) is 33.4 Å². The maximum absolute atomic E-state index is 12.0. The lowest BCUT2D eigenvalue weighted by Crippen LogP contribution is -2.26. The van der Waals surface area contributed by atoms with E-state index >= 15 is 0 Å². The molecule has 0 spiro atoms. The molecule has 1 atom stereocenters. The fraction of sp³-hybridized carbons (Fsp3) is 1.00. The molecule has 10 heavy (non-hydrogen) atoms. The van der Waals surface area contributed by atoms with Crippen molar-refractivity contribution in [1.82, 2.24) is 0 Å². The molecule has 0 fully saturated rings. The van der Waals surface area contributed by atoms with Crippen molar-refractivity contribution in [3.63, 3.8) is 0 Å². The van der Waals surface area contributed by atoms with E-state index in [0.717, 1.165) is 0 Å². The first kappa shape index (κ1) is 9.79. The van der Waals surface area contributed by atoms with Crippen LogP contribution in [0.3, 0.4) is 0 Å². The molecule has 62 valence electrons. The minimum absolute atomic E-state index is 0.182. The van der Waals surface area contributed by atoms with Gasteiger partial charge in [0.1, 0.15) is 0 Å². The first-order valence-electron chi connectivity index (χ1n) is 3.46. The molecule has 0 heterocycles. The predicted molar refractivity (Wildman–Crippen MR) is 34.7 cm³/mol. The van der Waals surface area contributed by atoms with E-state index in [0.29, 0.717) is 0 Å². The lowest BCUT2D eigenvalue weighted by molar-refractivity contribution is -0.186. The van der Waals surface area contributed by atoms with Gasteiger partial charge < -0.3 is 0 Å². The predicted octanol–water partition coefficient (Wildman–Crippen LogP) is 3.23. The summed E-state index contributed by atoms with van der Waals surface area (Å²) in [5, 5.41) is 0. The van der Waals surface area contributed by atoms with E-state index < -0.39 is 12.1 Å². The molecule has 0 aliphatic carbocycles. The highest BCUT2D eigenvalue weighted by molar-refractivity contribution is 4.68. The van der Waals surface area contributed by atoms with Gasteiger partial charge in [-0.15, -0.1) is 0 Å². The molecular formula is C7H13F3. The van der Waals surface area contributed by atoms with Gasteiger partial charge in [-0.05, 0) is 12.3 Å². The van der Waals surface area contributed by atoms with Gasteiger partial charge in [0, 0.05) is 0 Å². The second-order valence-electron chi connectivity index (χ2n) is 2.80. The topological polar surface area (TPSA) is 0 Å². The number of hydrogen-bond acceptors (Lipinski definition) is 0. The summed E-state index contributed by atoms with van der Waals surface area (Å²) in [7, 11) is 0. The van der Waals surface area contributed by atoms with Gasteiger partial charge in [-0.25, -0.2) is 0 Å². The van der Waals surface area contributed by atoms with Crippen LogP contribution in [0, 0.1) is 11.8 Å². The highest BCUT2D eigenvalue weighted by atomic mass is 19.4. The van der Waals surface area contributed by atoms with Crippen LogP contribution in [0.25, 0.3) is 0 Å². The Labute approximate surface area is 59.4 Å². The van der Waals surface area contributed by atoms with Gasteiger partial charge in [-0.1, -0.05) is 20.8 Å². The normalized spacial score (nSPS) is 15.9. The van der Waals surface area contributed by atoms with Crippen molar-refractivity contribution in [2.24, 2.45) is 11.8 Å². The molecule has 0 saturated carbocycles. The van der Waals surface area contributed by atoms with Crippen molar-refractivity contribution in [3.8, 4) is 0 Å². The Bertz CT molecular complexity index is 93.5. The van der Waals surface area contributed by atoms with Crippen LogP contribution in [0.4, 0.5) is 13.2 Å². The largest absolute Gasteiger partial charge is 0.392 e. The summed E-state index contributed by atoms with van der Waals surface area (Å²) in [6.45, 7) is 4.77. The molecule has 0 aliphatic rings. The van der Waals surface area contributed by atoms with Crippen LogP contribution in [0.5, 0.6) is 0 Å². The van der Waals surface area contributed by atoms with Gasteiger partial charge in [0.15, 0.2) is 0 Å². The molecule has 0 bridgehead atoms. The maximum atomic E-state index is 12.0. The third kappa shape index (κ3) is 2.58. The molecule has 0 aromatic heterocycles. The van der Waals surface area contributed by atoms with Gasteiger partial charge in [0.25, 0.3) is 0 Å². The Morgan fingerprint density at radius 1 is 1.20 bits per heavy atom. The smallest absolute Gasteiger partial charge is 0.171 e. The lowest BCUT2D eigenvalue weighted by Gasteiger charge is -2.21. The highest BCUT2D eigenvalue weighted by Crippen LogP contribution is 2.33. The minimum atomic E-state index is -4.01. The first-order chi connectivity index (χ1) is 4.39. The number of rotatable bonds is 2. The summed E-state index contributed by atoms with van der Waals surface area (Å²) < 4.78 is 35.9. The second kappa shape index (κ2) is 3.26. The average molecular weight is 154 g/mol. The molecule has 0 aromatic rings. The maximum Gasteiger partial charge on any atom is 0.392 e. The summed E-state index contributed by atoms with van der Waals surface area (Å²) in [5.74, 6) is -1.43. The van der Waals surface area contributed by atoms with E-state index in [-0.39, 0.29) is 12.3 Å². The monoisotopic (exact) mass is 154 g/mol. The van der Waals surface area contributed by atoms with Gasteiger partial charge in [-0.3, -0.25) is 0 Å². The Balaban J connectivity index is 4.07. The second-order valence-corrected chi connectivity index (χ2v) is 2.80. The molecule has 0 saturated heterocycles. The molecule has 0 nitrogen and oxygen atoms in total. The fourth-order valence-electron chi connectivity index (χ4n) is 1.08. The van der Waals surface area contributed by atoms with Crippen LogP contribution in [-0.4, -0.2) is 6.18 Å². The third-order valence-corrected chi connectivity index (χ3v) is 1.67. The quantitative estimate of drug-likeness (QED) is 0.572. The Hall–Kier alpha value is -0.210. The number of hydrogen-bond donors (Lipinski definition) is 0. The standard InChI is InChI=1S/C7H13F3/c1-4-6(5(2)3)7(8,9)10/h5-6H,4H2,1-3H3/t6-/m1/s1. The van der Waals surface area contributed by atoms with Gasteiger partial charge >= 0.3 is 6.18 Å². The molecule has 0 amide bonds. The van der Waals surface area contributed by atoms with E-state index in [1.165, 1.54) is 0 Å². The zero-order valence-electron chi connectivity index (χ0n) is 6.50. The third-order valence-electron chi connectivity index (χ3n) is 1.67. The van der Waals surface area contributed by atoms with Crippen LogP contribution in [0.15, 0.2) is 0 Å². The average Bonchev–Trinajstić information content (AvgIpc) is 1.60. The Morgan fingerprint density at radius 3 is 1.60 bits per heavy atom.